The van der Waals surface area contributed by atoms with Gasteiger partial charge in [0.1, 0.15) is 0 Å². The average molecular weight is 201 g/mol. The van der Waals surface area contributed by atoms with Gasteiger partial charge in [-0.25, -0.2) is 0 Å². The Bertz CT molecular complexity index is 125. The number of rotatable bonds is 8. The van der Waals surface area contributed by atoms with E-state index in [4.69, 9.17) is 4.74 Å². The summed E-state index contributed by atoms with van der Waals surface area (Å²) < 4.78 is 5.75. The topological polar surface area (TPSA) is 21.3 Å². The number of nitrogens with one attached hydrogen (secondary N) is 1. The summed E-state index contributed by atoms with van der Waals surface area (Å²) in [7, 11) is 0. The van der Waals surface area contributed by atoms with Crippen LogP contribution in [0.4, 0.5) is 0 Å². The fraction of sp³-hybridized carbons (Fsp3) is 1.00. The summed E-state index contributed by atoms with van der Waals surface area (Å²) in [6.07, 6.45) is 2.64. The molecule has 0 amide bonds. The van der Waals surface area contributed by atoms with E-state index < -0.39 is 0 Å². The molecule has 86 valence electrons. The molecule has 0 aliphatic heterocycles. The Morgan fingerprint density at radius 1 is 1.14 bits per heavy atom. The Kier molecular flexibility index (Phi) is 8.20. The van der Waals surface area contributed by atoms with E-state index in [0.29, 0.717) is 18.1 Å². The van der Waals surface area contributed by atoms with Crippen LogP contribution >= 0.6 is 0 Å². The predicted octanol–water partition coefficient (Wildman–Crippen LogP) is 2.83. The van der Waals surface area contributed by atoms with E-state index in [9.17, 15) is 0 Å². The van der Waals surface area contributed by atoms with Crippen molar-refractivity contribution in [3.63, 3.8) is 0 Å². The molecule has 0 aliphatic carbocycles. The Morgan fingerprint density at radius 2 is 1.79 bits per heavy atom. The van der Waals surface area contributed by atoms with Gasteiger partial charge in [0.05, 0.1) is 6.10 Å². The van der Waals surface area contributed by atoms with Crippen LogP contribution in [0.15, 0.2) is 0 Å². The van der Waals surface area contributed by atoms with Gasteiger partial charge in [0.15, 0.2) is 0 Å². The van der Waals surface area contributed by atoms with Gasteiger partial charge in [-0.05, 0) is 32.2 Å². The van der Waals surface area contributed by atoms with Crippen molar-refractivity contribution in [3.05, 3.63) is 0 Å². The van der Waals surface area contributed by atoms with Gasteiger partial charge in [-0.3, -0.25) is 0 Å². The Morgan fingerprint density at radius 3 is 2.14 bits per heavy atom. The molecule has 2 heteroatoms. The molecule has 0 heterocycles. The maximum atomic E-state index is 5.75. The van der Waals surface area contributed by atoms with Crippen molar-refractivity contribution < 1.29 is 4.74 Å². The van der Waals surface area contributed by atoms with Crippen molar-refractivity contribution in [2.75, 3.05) is 13.2 Å². The molecule has 2 nitrogen and oxygen atoms in total. The summed E-state index contributed by atoms with van der Waals surface area (Å²) in [5, 5.41) is 3.58. The van der Waals surface area contributed by atoms with Crippen LogP contribution in [0.1, 0.15) is 47.5 Å². The SMILES string of the molecule is CCCNC(C(C)C)C(CC)OCC. The summed E-state index contributed by atoms with van der Waals surface area (Å²) in [5.41, 5.74) is 0. The van der Waals surface area contributed by atoms with E-state index in [1.165, 1.54) is 6.42 Å². The van der Waals surface area contributed by atoms with Gasteiger partial charge < -0.3 is 10.1 Å². The van der Waals surface area contributed by atoms with E-state index in [2.05, 4.69) is 39.9 Å². The van der Waals surface area contributed by atoms with Crippen molar-refractivity contribution in [2.45, 2.75) is 59.6 Å². The summed E-state index contributed by atoms with van der Waals surface area (Å²) in [6.45, 7) is 12.9. The van der Waals surface area contributed by atoms with Gasteiger partial charge in [0, 0.05) is 12.6 Å². The first kappa shape index (κ1) is 13.9. The predicted molar refractivity (Wildman–Crippen MR) is 62.6 cm³/mol. The van der Waals surface area contributed by atoms with Crippen LogP contribution in [0.3, 0.4) is 0 Å². The van der Waals surface area contributed by atoms with E-state index in [1.54, 1.807) is 0 Å². The lowest BCUT2D eigenvalue weighted by Crippen LogP contribution is -2.45. The molecule has 0 bridgehead atoms. The van der Waals surface area contributed by atoms with Gasteiger partial charge >= 0.3 is 0 Å². The largest absolute Gasteiger partial charge is 0.377 e. The Labute approximate surface area is 89.4 Å². The quantitative estimate of drug-likeness (QED) is 0.652. The number of ether oxygens (including phenoxy) is 1. The minimum Gasteiger partial charge on any atom is -0.377 e. The number of hydrogen-bond donors (Lipinski definition) is 1. The molecule has 2 unspecified atom stereocenters. The lowest BCUT2D eigenvalue weighted by Gasteiger charge is -2.30. The maximum absolute atomic E-state index is 5.75. The second-order valence-corrected chi connectivity index (χ2v) is 4.13. The molecule has 2 atom stereocenters. The molecule has 0 rings (SSSR count). The minimum atomic E-state index is 0.367. The fourth-order valence-corrected chi connectivity index (χ4v) is 1.80. The maximum Gasteiger partial charge on any atom is 0.0727 e. The average Bonchev–Trinajstić information content (AvgIpc) is 2.16. The smallest absolute Gasteiger partial charge is 0.0727 e. The summed E-state index contributed by atoms with van der Waals surface area (Å²) in [6, 6.07) is 0.500. The minimum absolute atomic E-state index is 0.367. The van der Waals surface area contributed by atoms with Crippen molar-refractivity contribution in [1.29, 1.82) is 0 Å². The van der Waals surface area contributed by atoms with Gasteiger partial charge in [0.2, 0.25) is 0 Å². The standard InChI is InChI=1S/C12H27NO/c1-6-9-13-12(10(4)5)11(7-2)14-8-3/h10-13H,6-9H2,1-5H3. The van der Waals surface area contributed by atoms with E-state index in [0.717, 1.165) is 19.6 Å². The summed E-state index contributed by atoms with van der Waals surface area (Å²) >= 11 is 0. The second-order valence-electron chi connectivity index (χ2n) is 4.13. The Hall–Kier alpha value is -0.0800. The Balaban J connectivity index is 4.12. The van der Waals surface area contributed by atoms with E-state index in [1.807, 2.05) is 0 Å². The number of hydrogen-bond acceptors (Lipinski definition) is 2. The normalized spacial score (nSPS) is 15.9. The van der Waals surface area contributed by atoms with Gasteiger partial charge in [-0.2, -0.15) is 0 Å². The molecular weight excluding hydrogens is 174 g/mol. The molecule has 14 heavy (non-hydrogen) atoms. The molecule has 0 saturated carbocycles. The van der Waals surface area contributed by atoms with Gasteiger partial charge in [0.25, 0.3) is 0 Å². The van der Waals surface area contributed by atoms with Crippen LogP contribution in [-0.4, -0.2) is 25.3 Å². The molecule has 0 fully saturated rings. The first-order chi connectivity index (χ1) is 6.67. The highest BCUT2D eigenvalue weighted by atomic mass is 16.5. The zero-order valence-electron chi connectivity index (χ0n) is 10.5. The van der Waals surface area contributed by atoms with Crippen molar-refractivity contribution >= 4 is 0 Å². The third-order valence-electron chi connectivity index (χ3n) is 2.53. The molecular formula is C12H27NO. The van der Waals surface area contributed by atoms with Crippen LogP contribution in [0, 0.1) is 5.92 Å². The molecule has 0 aromatic rings. The molecule has 0 aromatic heterocycles. The van der Waals surface area contributed by atoms with Crippen molar-refractivity contribution in [2.24, 2.45) is 5.92 Å². The zero-order chi connectivity index (χ0) is 11.0. The zero-order valence-corrected chi connectivity index (χ0v) is 10.5. The third kappa shape index (κ3) is 4.97. The monoisotopic (exact) mass is 201 g/mol. The summed E-state index contributed by atoms with van der Waals surface area (Å²) in [4.78, 5) is 0. The first-order valence-electron chi connectivity index (χ1n) is 6.02. The second kappa shape index (κ2) is 8.25. The van der Waals surface area contributed by atoms with Crippen LogP contribution < -0.4 is 5.32 Å². The van der Waals surface area contributed by atoms with Crippen LogP contribution in [0.2, 0.25) is 0 Å². The van der Waals surface area contributed by atoms with Crippen molar-refractivity contribution in [3.8, 4) is 0 Å². The third-order valence-corrected chi connectivity index (χ3v) is 2.53. The molecule has 0 radical (unpaired) electrons. The highest BCUT2D eigenvalue weighted by Crippen LogP contribution is 2.13. The van der Waals surface area contributed by atoms with Crippen molar-refractivity contribution in [1.82, 2.24) is 5.32 Å². The molecule has 0 aliphatic rings. The van der Waals surface area contributed by atoms with Crippen LogP contribution in [0.5, 0.6) is 0 Å². The lowest BCUT2D eigenvalue weighted by molar-refractivity contribution is 0.0196. The van der Waals surface area contributed by atoms with Gasteiger partial charge in [-0.1, -0.05) is 27.7 Å². The summed E-state index contributed by atoms with van der Waals surface area (Å²) in [5.74, 6) is 0.637. The highest BCUT2D eigenvalue weighted by Gasteiger charge is 2.22. The lowest BCUT2D eigenvalue weighted by atomic mass is 9.96. The fourth-order valence-electron chi connectivity index (χ4n) is 1.80. The molecule has 0 saturated heterocycles. The highest BCUT2D eigenvalue weighted by molar-refractivity contribution is 4.79. The van der Waals surface area contributed by atoms with E-state index >= 15 is 0 Å². The van der Waals surface area contributed by atoms with Crippen LogP contribution in [-0.2, 0) is 4.74 Å². The first-order valence-corrected chi connectivity index (χ1v) is 6.02. The molecule has 1 N–H and O–H groups in total. The van der Waals surface area contributed by atoms with Gasteiger partial charge in [-0.15, -0.1) is 0 Å². The van der Waals surface area contributed by atoms with E-state index in [-0.39, 0.29) is 0 Å². The molecule has 0 aromatic carbocycles. The van der Waals surface area contributed by atoms with Crippen LogP contribution in [0.25, 0.3) is 0 Å². The molecule has 0 spiro atoms.